The number of rotatable bonds is 54. The van der Waals surface area contributed by atoms with Crippen LogP contribution in [0.4, 0.5) is 0 Å². The molecule has 0 saturated heterocycles. The lowest BCUT2D eigenvalue weighted by Crippen LogP contribution is -2.30. The van der Waals surface area contributed by atoms with Gasteiger partial charge in [0.15, 0.2) is 6.10 Å². The van der Waals surface area contributed by atoms with Gasteiger partial charge in [0, 0.05) is 19.3 Å². The molecule has 384 valence electrons. The van der Waals surface area contributed by atoms with E-state index in [-0.39, 0.29) is 31.1 Å². The van der Waals surface area contributed by atoms with Crippen LogP contribution in [-0.2, 0) is 28.6 Å². The van der Waals surface area contributed by atoms with Gasteiger partial charge in [0.25, 0.3) is 0 Å². The van der Waals surface area contributed by atoms with Gasteiger partial charge in [-0.15, -0.1) is 0 Å². The lowest BCUT2D eigenvalue weighted by Gasteiger charge is -2.18. The summed E-state index contributed by atoms with van der Waals surface area (Å²) in [5.74, 6) is -0.847. The Labute approximate surface area is 405 Å². The first-order valence-electron chi connectivity index (χ1n) is 29.2. The largest absolute Gasteiger partial charge is 0.462 e. The first-order chi connectivity index (χ1) is 32.0. The summed E-state index contributed by atoms with van der Waals surface area (Å²) < 4.78 is 16.9. The van der Waals surface area contributed by atoms with Gasteiger partial charge in [-0.3, -0.25) is 14.4 Å². The van der Waals surface area contributed by atoms with Crippen LogP contribution < -0.4 is 0 Å². The maximum Gasteiger partial charge on any atom is 0.306 e. The molecule has 0 aliphatic heterocycles. The highest BCUT2D eigenvalue weighted by Crippen LogP contribution is 2.17. The Morgan fingerprint density at radius 1 is 0.292 bits per heavy atom. The van der Waals surface area contributed by atoms with E-state index in [9.17, 15) is 14.4 Å². The quantitative estimate of drug-likeness (QED) is 0.0262. The molecule has 0 N–H and O–H groups in total. The van der Waals surface area contributed by atoms with Crippen LogP contribution in [0.25, 0.3) is 0 Å². The summed E-state index contributed by atoms with van der Waals surface area (Å²) in [5, 5.41) is 0. The van der Waals surface area contributed by atoms with Crippen LogP contribution in [0.1, 0.15) is 329 Å². The van der Waals surface area contributed by atoms with E-state index in [1.54, 1.807) is 0 Å². The minimum Gasteiger partial charge on any atom is -0.462 e. The average molecular weight is 918 g/mol. The van der Waals surface area contributed by atoms with Gasteiger partial charge in [0.1, 0.15) is 13.2 Å². The smallest absolute Gasteiger partial charge is 0.306 e. The standard InChI is InChI=1S/C59H112O6/c1-4-7-10-13-16-19-22-24-26-28-29-31-32-34-37-40-43-46-49-52-58(61)64-55-56(54-63-57(60)51-48-45-42-39-36-21-18-15-12-9-6-3)65-59(62)53-50-47-44-41-38-35-33-30-27-25-23-20-17-14-11-8-5-2/h25,27,56H,4-24,26,28-55H2,1-3H3/b27-25-/t56-/m1/s1. The van der Waals surface area contributed by atoms with E-state index in [4.69, 9.17) is 14.2 Å². The number of hydrogen-bond acceptors (Lipinski definition) is 6. The molecule has 0 amide bonds. The van der Waals surface area contributed by atoms with E-state index < -0.39 is 6.10 Å². The number of allylic oxidation sites excluding steroid dienone is 2. The van der Waals surface area contributed by atoms with Crippen molar-refractivity contribution in [2.75, 3.05) is 13.2 Å². The fraction of sp³-hybridized carbons (Fsp3) is 0.915. The lowest BCUT2D eigenvalue weighted by molar-refractivity contribution is -0.167. The van der Waals surface area contributed by atoms with Gasteiger partial charge in [-0.05, 0) is 44.9 Å². The van der Waals surface area contributed by atoms with E-state index in [1.807, 2.05) is 0 Å². The second-order valence-corrected chi connectivity index (χ2v) is 19.9. The summed E-state index contributed by atoms with van der Waals surface area (Å²) in [6.45, 7) is 6.68. The predicted octanol–water partition coefficient (Wildman–Crippen LogP) is 19.3. The van der Waals surface area contributed by atoms with E-state index in [0.717, 1.165) is 57.8 Å². The number of carbonyl (C=O) groups excluding carboxylic acids is 3. The molecule has 0 aliphatic rings. The molecule has 0 aromatic heterocycles. The minimum atomic E-state index is -0.766. The van der Waals surface area contributed by atoms with Crippen molar-refractivity contribution in [1.82, 2.24) is 0 Å². The molecule has 65 heavy (non-hydrogen) atoms. The van der Waals surface area contributed by atoms with E-state index in [1.165, 1.54) is 231 Å². The summed E-state index contributed by atoms with van der Waals surface area (Å²) >= 11 is 0. The number of ether oxygens (including phenoxy) is 3. The molecule has 6 heteroatoms. The Morgan fingerprint density at radius 3 is 0.769 bits per heavy atom. The van der Waals surface area contributed by atoms with Crippen molar-refractivity contribution >= 4 is 17.9 Å². The molecule has 0 unspecified atom stereocenters. The van der Waals surface area contributed by atoms with Gasteiger partial charge in [-0.1, -0.05) is 277 Å². The third-order valence-corrected chi connectivity index (χ3v) is 13.3. The lowest BCUT2D eigenvalue weighted by atomic mass is 10.0. The van der Waals surface area contributed by atoms with E-state index in [0.29, 0.717) is 19.3 Å². The highest BCUT2D eigenvalue weighted by atomic mass is 16.6. The molecule has 0 bridgehead atoms. The Morgan fingerprint density at radius 2 is 0.508 bits per heavy atom. The zero-order chi connectivity index (χ0) is 47.2. The molecule has 0 rings (SSSR count). The maximum atomic E-state index is 12.8. The number of esters is 3. The van der Waals surface area contributed by atoms with Crippen molar-refractivity contribution in [3.63, 3.8) is 0 Å². The van der Waals surface area contributed by atoms with Crippen LogP contribution >= 0.6 is 0 Å². The van der Waals surface area contributed by atoms with Crippen molar-refractivity contribution in [2.45, 2.75) is 335 Å². The number of unbranched alkanes of at least 4 members (excludes halogenated alkanes) is 41. The zero-order valence-corrected chi connectivity index (χ0v) is 44.0. The summed E-state index contributed by atoms with van der Waals surface area (Å²) in [6, 6.07) is 0. The van der Waals surface area contributed by atoms with Crippen LogP contribution in [0, 0.1) is 0 Å². The van der Waals surface area contributed by atoms with Crippen LogP contribution in [0.15, 0.2) is 12.2 Å². The van der Waals surface area contributed by atoms with Gasteiger partial charge in [-0.25, -0.2) is 0 Å². The molecule has 0 fully saturated rings. The zero-order valence-electron chi connectivity index (χ0n) is 44.0. The summed E-state index contributed by atoms with van der Waals surface area (Å²) in [7, 11) is 0. The van der Waals surface area contributed by atoms with Crippen molar-refractivity contribution in [2.24, 2.45) is 0 Å². The third kappa shape index (κ3) is 53.0. The molecule has 0 heterocycles. The van der Waals surface area contributed by atoms with Gasteiger partial charge in [-0.2, -0.15) is 0 Å². The summed E-state index contributed by atoms with van der Waals surface area (Å²) in [6.07, 6.45) is 62.0. The SMILES string of the molecule is CCCCCCCC/C=C\CCCCCCCCCC(=O)O[C@H](COC(=O)CCCCCCCCCCCCC)COC(=O)CCCCCCCCCCCCCCCCCCCCC. The highest BCUT2D eigenvalue weighted by Gasteiger charge is 2.19. The Bertz CT molecular complexity index is 1010. The van der Waals surface area contributed by atoms with Crippen molar-refractivity contribution in [3.8, 4) is 0 Å². The summed E-state index contributed by atoms with van der Waals surface area (Å²) in [5.41, 5.74) is 0. The highest BCUT2D eigenvalue weighted by molar-refractivity contribution is 5.71. The van der Waals surface area contributed by atoms with E-state index in [2.05, 4.69) is 32.9 Å². The molecule has 1 atom stereocenters. The molecule has 6 nitrogen and oxygen atoms in total. The monoisotopic (exact) mass is 917 g/mol. The Balaban J connectivity index is 4.27. The van der Waals surface area contributed by atoms with Crippen LogP contribution in [-0.4, -0.2) is 37.2 Å². The molecule has 0 aliphatic carbocycles. The van der Waals surface area contributed by atoms with Gasteiger partial charge < -0.3 is 14.2 Å². The fourth-order valence-electron chi connectivity index (χ4n) is 8.85. The first-order valence-corrected chi connectivity index (χ1v) is 29.2. The topological polar surface area (TPSA) is 78.9 Å². The van der Waals surface area contributed by atoms with Crippen molar-refractivity contribution in [3.05, 3.63) is 12.2 Å². The van der Waals surface area contributed by atoms with Crippen LogP contribution in [0.5, 0.6) is 0 Å². The second kappa shape index (κ2) is 54.8. The molecule has 0 aromatic carbocycles. The van der Waals surface area contributed by atoms with Gasteiger partial charge >= 0.3 is 17.9 Å². The van der Waals surface area contributed by atoms with Crippen molar-refractivity contribution < 1.29 is 28.6 Å². The molecule has 0 aromatic rings. The van der Waals surface area contributed by atoms with Crippen molar-refractivity contribution in [1.29, 1.82) is 0 Å². The molecule has 0 radical (unpaired) electrons. The van der Waals surface area contributed by atoms with E-state index >= 15 is 0 Å². The van der Waals surface area contributed by atoms with Gasteiger partial charge in [0.2, 0.25) is 0 Å². The number of hydrogen-bond donors (Lipinski definition) is 0. The Kier molecular flexibility index (Phi) is 53.2. The molecule has 0 spiro atoms. The third-order valence-electron chi connectivity index (χ3n) is 13.3. The van der Waals surface area contributed by atoms with Gasteiger partial charge in [0.05, 0.1) is 0 Å². The number of carbonyl (C=O) groups is 3. The average Bonchev–Trinajstić information content (AvgIpc) is 3.30. The Hall–Kier alpha value is -1.85. The molecular weight excluding hydrogens is 805 g/mol. The molecular formula is C59H112O6. The van der Waals surface area contributed by atoms with Crippen LogP contribution in [0.3, 0.4) is 0 Å². The predicted molar refractivity (Wildman–Crippen MR) is 280 cm³/mol. The fourth-order valence-corrected chi connectivity index (χ4v) is 8.85. The van der Waals surface area contributed by atoms with Crippen LogP contribution in [0.2, 0.25) is 0 Å². The normalized spacial score (nSPS) is 12.0. The molecule has 0 saturated carbocycles. The first kappa shape index (κ1) is 63.1. The second-order valence-electron chi connectivity index (χ2n) is 19.9. The minimum absolute atomic E-state index is 0.0658. The summed E-state index contributed by atoms with van der Waals surface area (Å²) in [4.78, 5) is 38.1. The maximum absolute atomic E-state index is 12.8.